The predicted octanol–water partition coefficient (Wildman–Crippen LogP) is 2.68. The van der Waals surface area contributed by atoms with Crippen molar-refractivity contribution in [3.05, 3.63) is 41.5 Å². The Morgan fingerprint density at radius 1 is 1.38 bits per heavy atom. The first kappa shape index (κ1) is 18.2. The first-order valence-electron chi connectivity index (χ1n) is 8.59. The molecule has 5 nitrogen and oxygen atoms in total. The van der Waals surface area contributed by atoms with E-state index < -0.39 is 0 Å². The van der Waals surface area contributed by atoms with E-state index in [0.717, 1.165) is 42.6 Å². The lowest BCUT2D eigenvalue weighted by molar-refractivity contribution is -0.123. The molecular weight excluding hydrogens is 302 g/mol. The minimum Gasteiger partial charge on any atom is -0.369 e. The van der Waals surface area contributed by atoms with E-state index in [9.17, 15) is 9.59 Å². The van der Waals surface area contributed by atoms with Crippen LogP contribution in [0.1, 0.15) is 38.7 Å². The third kappa shape index (κ3) is 4.93. The molecule has 1 fully saturated rings. The smallest absolute Gasteiger partial charge is 0.250 e. The van der Waals surface area contributed by atoms with Crippen molar-refractivity contribution >= 4 is 17.5 Å². The number of piperidine rings is 1. The van der Waals surface area contributed by atoms with E-state index in [2.05, 4.69) is 10.2 Å². The van der Waals surface area contributed by atoms with Gasteiger partial charge in [-0.2, -0.15) is 0 Å². The second-order valence-electron chi connectivity index (χ2n) is 6.38. The molecule has 1 saturated heterocycles. The number of nitrogens with two attached hydrogens (primary N) is 1. The van der Waals surface area contributed by atoms with Crippen LogP contribution < -0.4 is 11.1 Å². The lowest BCUT2D eigenvalue weighted by atomic mass is 9.97. The summed E-state index contributed by atoms with van der Waals surface area (Å²) in [4.78, 5) is 25.9. The number of para-hydroxylation sites is 1. The zero-order valence-corrected chi connectivity index (χ0v) is 14.5. The van der Waals surface area contributed by atoms with Gasteiger partial charge in [0.25, 0.3) is 5.91 Å². The fraction of sp³-hybridized carbons (Fsp3) is 0.474. The maximum atomic E-state index is 12.2. The number of primary amides is 1. The Hall–Kier alpha value is -2.14. The van der Waals surface area contributed by atoms with Gasteiger partial charge < -0.3 is 11.1 Å². The second-order valence-corrected chi connectivity index (χ2v) is 6.38. The molecule has 1 atom stereocenters. The normalized spacial score (nSPS) is 19.1. The third-order valence-corrected chi connectivity index (χ3v) is 4.44. The van der Waals surface area contributed by atoms with Crippen molar-refractivity contribution in [2.24, 2.45) is 11.7 Å². The minimum absolute atomic E-state index is 0.0713. The highest BCUT2D eigenvalue weighted by molar-refractivity contribution is 6.03. The maximum absolute atomic E-state index is 12.2. The van der Waals surface area contributed by atoms with Crippen molar-refractivity contribution in [1.29, 1.82) is 0 Å². The third-order valence-electron chi connectivity index (χ3n) is 4.44. The summed E-state index contributed by atoms with van der Waals surface area (Å²) in [7, 11) is 0. The molecule has 0 aromatic heterocycles. The largest absolute Gasteiger partial charge is 0.369 e. The zero-order valence-electron chi connectivity index (χ0n) is 14.5. The number of anilines is 1. The number of hydrogen-bond acceptors (Lipinski definition) is 3. The molecule has 2 amide bonds. The van der Waals surface area contributed by atoms with E-state index in [-0.39, 0.29) is 17.7 Å². The first-order valence-corrected chi connectivity index (χ1v) is 8.59. The number of allylic oxidation sites excluding steroid dienone is 1. The van der Waals surface area contributed by atoms with Crippen LogP contribution in [0.25, 0.3) is 0 Å². The number of likely N-dealkylation sites (tertiary alicyclic amines) is 1. The SMILES string of the molecule is CC/C=C(\C)C(=O)Nc1ccccc1CN1CCCC(C(N)=O)C1. The fourth-order valence-electron chi connectivity index (χ4n) is 3.07. The van der Waals surface area contributed by atoms with Crippen LogP contribution in [0.2, 0.25) is 0 Å². The van der Waals surface area contributed by atoms with Crippen LogP contribution in [-0.4, -0.2) is 29.8 Å². The molecule has 1 aliphatic heterocycles. The van der Waals surface area contributed by atoms with E-state index in [4.69, 9.17) is 5.73 Å². The molecule has 0 saturated carbocycles. The van der Waals surface area contributed by atoms with Gasteiger partial charge in [-0.1, -0.05) is 31.2 Å². The molecule has 3 N–H and O–H groups in total. The van der Waals surface area contributed by atoms with Gasteiger partial charge in [-0.15, -0.1) is 0 Å². The molecule has 0 aliphatic carbocycles. The Morgan fingerprint density at radius 3 is 2.83 bits per heavy atom. The summed E-state index contributed by atoms with van der Waals surface area (Å²) in [6.07, 6.45) is 4.59. The number of amides is 2. The van der Waals surface area contributed by atoms with Gasteiger partial charge in [0.1, 0.15) is 0 Å². The summed E-state index contributed by atoms with van der Waals surface area (Å²) in [6, 6.07) is 7.82. The van der Waals surface area contributed by atoms with Gasteiger partial charge in [0.05, 0.1) is 5.92 Å². The average Bonchev–Trinajstić information content (AvgIpc) is 2.57. The van der Waals surface area contributed by atoms with Crippen molar-refractivity contribution in [3.63, 3.8) is 0 Å². The van der Waals surface area contributed by atoms with Crippen molar-refractivity contribution < 1.29 is 9.59 Å². The molecule has 24 heavy (non-hydrogen) atoms. The Morgan fingerprint density at radius 2 is 2.12 bits per heavy atom. The molecular formula is C19H27N3O2. The van der Waals surface area contributed by atoms with E-state index in [1.807, 2.05) is 44.2 Å². The molecule has 1 aromatic rings. The fourth-order valence-corrected chi connectivity index (χ4v) is 3.07. The van der Waals surface area contributed by atoms with Crippen LogP contribution in [0.3, 0.4) is 0 Å². The number of carbonyl (C=O) groups is 2. The van der Waals surface area contributed by atoms with Crippen LogP contribution >= 0.6 is 0 Å². The van der Waals surface area contributed by atoms with Gasteiger partial charge in [-0.25, -0.2) is 0 Å². The summed E-state index contributed by atoms with van der Waals surface area (Å²) < 4.78 is 0. The van der Waals surface area contributed by atoms with Gasteiger partial charge in [0.15, 0.2) is 0 Å². The molecule has 2 rings (SSSR count). The monoisotopic (exact) mass is 329 g/mol. The van der Waals surface area contributed by atoms with Crippen LogP contribution in [0.5, 0.6) is 0 Å². The van der Waals surface area contributed by atoms with Gasteiger partial charge in [-0.05, 0) is 44.4 Å². The van der Waals surface area contributed by atoms with E-state index in [0.29, 0.717) is 13.1 Å². The summed E-state index contributed by atoms with van der Waals surface area (Å²) in [5.41, 5.74) is 8.06. The van der Waals surface area contributed by atoms with Gasteiger partial charge in [-0.3, -0.25) is 14.5 Å². The van der Waals surface area contributed by atoms with E-state index in [1.54, 1.807) is 0 Å². The standard InChI is InChI=1S/C19H27N3O2/c1-3-7-14(2)19(24)21-17-10-5-4-8-15(17)12-22-11-6-9-16(13-22)18(20)23/h4-5,7-8,10,16H,3,6,9,11-13H2,1-2H3,(H2,20,23)(H,21,24)/b14-7+. The lowest BCUT2D eigenvalue weighted by Crippen LogP contribution is -2.40. The Kier molecular flexibility index (Phi) is 6.55. The molecule has 1 aliphatic rings. The molecule has 0 radical (unpaired) electrons. The molecule has 0 bridgehead atoms. The first-order chi connectivity index (χ1) is 11.5. The highest BCUT2D eigenvalue weighted by atomic mass is 16.2. The number of hydrogen-bond donors (Lipinski definition) is 2. The highest BCUT2D eigenvalue weighted by Gasteiger charge is 2.24. The molecule has 130 valence electrons. The Bertz CT molecular complexity index is 625. The van der Waals surface area contributed by atoms with Gasteiger partial charge in [0, 0.05) is 24.4 Å². The number of benzene rings is 1. The van der Waals surface area contributed by atoms with Crippen LogP contribution in [0.4, 0.5) is 5.69 Å². The van der Waals surface area contributed by atoms with Gasteiger partial charge in [0.2, 0.25) is 5.91 Å². The highest BCUT2D eigenvalue weighted by Crippen LogP contribution is 2.22. The lowest BCUT2D eigenvalue weighted by Gasteiger charge is -2.31. The summed E-state index contributed by atoms with van der Waals surface area (Å²) in [5.74, 6) is -0.366. The number of rotatable bonds is 6. The Labute approximate surface area is 143 Å². The molecule has 1 unspecified atom stereocenters. The predicted molar refractivity (Wildman–Crippen MR) is 96.3 cm³/mol. The topological polar surface area (TPSA) is 75.4 Å². The average molecular weight is 329 g/mol. The second kappa shape index (κ2) is 8.64. The quantitative estimate of drug-likeness (QED) is 0.788. The Balaban J connectivity index is 2.07. The van der Waals surface area contributed by atoms with E-state index >= 15 is 0 Å². The summed E-state index contributed by atoms with van der Waals surface area (Å²) in [5, 5.41) is 2.99. The van der Waals surface area contributed by atoms with Crippen LogP contribution in [-0.2, 0) is 16.1 Å². The van der Waals surface area contributed by atoms with Crippen molar-refractivity contribution in [2.75, 3.05) is 18.4 Å². The maximum Gasteiger partial charge on any atom is 0.250 e. The number of carbonyl (C=O) groups excluding carboxylic acids is 2. The molecule has 0 spiro atoms. The zero-order chi connectivity index (χ0) is 17.5. The number of nitrogens with one attached hydrogen (secondary N) is 1. The molecule has 5 heteroatoms. The molecule has 1 aromatic carbocycles. The van der Waals surface area contributed by atoms with E-state index in [1.165, 1.54) is 0 Å². The van der Waals surface area contributed by atoms with Crippen LogP contribution in [0.15, 0.2) is 35.9 Å². The van der Waals surface area contributed by atoms with Gasteiger partial charge >= 0.3 is 0 Å². The summed E-state index contributed by atoms with van der Waals surface area (Å²) in [6.45, 7) is 6.17. The van der Waals surface area contributed by atoms with Crippen molar-refractivity contribution in [3.8, 4) is 0 Å². The number of nitrogens with zero attached hydrogens (tertiary/aromatic N) is 1. The van der Waals surface area contributed by atoms with Crippen LogP contribution in [0, 0.1) is 5.92 Å². The summed E-state index contributed by atoms with van der Waals surface area (Å²) >= 11 is 0. The van der Waals surface area contributed by atoms with Crippen molar-refractivity contribution in [1.82, 2.24) is 4.90 Å². The van der Waals surface area contributed by atoms with Crippen molar-refractivity contribution in [2.45, 2.75) is 39.7 Å². The molecule has 1 heterocycles. The minimum atomic E-state index is -0.221.